The molecule has 136 valence electrons. The summed E-state index contributed by atoms with van der Waals surface area (Å²) in [5.41, 5.74) is 2.00. The molecule has 0 atom stereocenters. The van der Waals surface area contributed by atoms with E-state index in [-0.39, 0.29) is 18.2 Å². The molecule has 2 aromatic carbocycles. The number of hydrogen-bond acceptors (Lipinski definition) is 5. The lowest BCUT2D eigenvalue weighted by Crippen LogP contribution is -2.21. The Labute approximate surface area is 151 Å². The van der Waals surface area contributed by atoms with Crippen molar-refractivity contribution in [2.45, 2.75) is 12.3 Å². The Hall–Kier alpha value is -2.87. The lowest BCUT2D eigenvalue weighted by Gasteiger charge is -2.10. The van der Waals surface area contributed by atoms with E-state index in [9.17, 15) is 13.2 Å². The van der Waals surface area contributed by atoms with Crippen LogP contribution in [-0.4, -0.2) is 37.2 Å². The van der Waals surface area contributed by atoms with Crippen LogP contribution in [0.15, 0.2) is 48.5 Å². The molecule has 1 heterocycles. The predicted molar refractivity (Wildman–Crippen MR) is 99.9 cm³/mol. The highest BCUT2D eigenvalue weighted by atomic mass is 32.2. The molecule has 0 unspecified atom stereocenters. The van der Waals surface area contributed by atoms with Gasteiger partial charge in [0.1, 0.15) is 23.9 Å². The van der Waals surface area contributed by atoms with Crippen molar-refractivity contribution in [1.29, 1.82) is 0 Å². The van der Waals surface area contributed by atoms with Gasteiger partial charge in [-0.1, -0.05) is 12.1 Å². The number of aromatic nitrogens is 2. The number of hydrogen-bond donors (Lipinski definition) is 1. The quantitative estimate of drug-likeness (QED) is 0.716. The summed E-state index contributed by atoms with van der Waals surface area (Å²) in [4.78, 5) is 16.8. The molecule has 26 heavy (non-hydrogen) atoms. The number of anilines is 1. The average molecular weight is 373 g/mol. The van der Waals surface area contributed by atoms with Crippen molar-refractivity contribution in [2.24, 2.45) is 0 Å². The van der Waals surface area contributed by atoms with Crippen molar-refractivity contribution in [3.63, 3.8) is 0 Å². The summed E-state index contributed by atoms with van der Waals surface area (Å²) in [5, 5.41) is 2.79. The Morgan fingerprint density at radius 3 is 2.50 bits per heavy atom. The van der Waals surface area contributed by atoms with Crippen LogP contribution in [0.1, 0.15) is 5.82 Å². The van der Waals surface area contributed by atoms with Gasteiger partial charge in [0.05, 0.1) is 18.1 Å². The Morgan fingerprint density at radius 2 is 1.85 bits per heavy atom. The molecule has 1 N–H and O–H groups in total. The lowest BCUT2D eigenvalue weighted by atomic mass is 10.3. The summed E-state index contributed by atoms with van der Waals surface area (Å²) >= 11 is 0. The van der Waals surface area contributed by atoms with Crippen LogP contribution >= 0.6 is 0 Å². The standard InChI is InChI=1S/C18H19N3O4S/c1-25-14-9-7-13(8-10-14)19-18(22)11-21-16-6-4-3-5-15(16)20-17(21)12-26(2,23)24/h3-10H,11-12H2,1-2H3,(H,19,22). The highest BCUT2D eigenvalue weighted by Gasteiger charge is 2.17. The number of carbonyl (C=O) groups is 1. The minimum atomic E-state index is -3.28. The first-order valence-corrected chi connectivity index (χ1v) is 9.97. The van der Waals surface area contributed by atoms with Crippen LogP contribution in [0.25, 0.3) is 11.0 Å². The molecule has 0 radical (unpaired) electrons. The van der Waals surface area contributed by atoms with E-state index in [2.05, 4.69) is 10.3 Å². The van der Waals surface area contributed by atoms with Crippen LogP contribution in [0.2, 0.25) is 0 Å². The fraction of sp³-hybridized carbons (Fsp3) is 0.222. The van der Waals surface area contributed by atoms with Gasteiger partial charge in [-0.2, -0.15) is 0 Å². The third-order valence-electron chi connectivity index (χ3n) is 3.80. The summed E-state index contributed by atoms with van der Waals surface area (Å²) < 4.78 is 30.1. The minimum absolute atomic E-state index is 0.0304. The third kappa shape index (κ3) is 4.20. The molecule has 0 spiro atoms. The maximum Gasteiger partial charge on any atom is 0.244 e. The van der Waals surface area contributed by atoms with Gasteiger partial charge >= 0.3 is 0 Å². The minimum Gasteiger partial charge on any atom is -0.497 e. The molecular weight excluding hydrogens is 354 g/mol. The molecule has 1 amide bonds. The first-order chi connectivity index (χ1) is 12.4. The SMILES string of the molecule is COc1ccc(NC(=O)Cn2c(CS(C)(=O)=O)nc3ccccc32)cc1. The number of amides is 1. The smallest absolute Gasteiger partial charge is 0.244 e. The fourth-order valence-corrected chi connectivity index (χ4v) is 3.35. The molecule has 0 bridgehead atoms. The van der Waals surface area contributed by atoms with Crippen molar-refractivity contribution in [2.75, 3.05) is 18.7 Å². The van der Waals surface area contributed by atoms with Crippen LogP contribution < -0.4 is 10.1 Å². The number of carbonyl (C=O) groups excluding carboxylic acids is 1. The number of nitrogens with one attached hydrogen (secondary N) is 1. The van der Waals surface area contributed by atoms with Crippen LogP contribution in [0, 0.1) is 0 Å². The molecule has 1 aromatic heterocycles. The highest BCUT2D eigenvalue weighted by molar-refractivity contribution is 7.89. The second-order valence-electron chi connectivity index (χ2n) is 5.95. The van der Waals surface area contributed by atoms with Gasteiger partial charge in [-0.3, -0.25) is 4.79 Å². The second-order valence-corrected chi connectivity index (χ2v) is 8.09. The van der Waals surface area contributed by atoms with Gasteiger partial charge in [0.2, 0.25) is 5.91 Å². The van der Waals surface area contributed by atoms with Crippen molar-refractivity contribution in [3.8, 4) is 5.75 Å². The summed E-state index contributed by atoms with van der Waals surface area (Å²) in [6.07, 6.45) is 1.15. The number of sulfone groups is 1. The van der Waals surface area contributed by atoms with Gasteiger partial charge in [-0.05, 0) is 36.4 Å². The first-order valence-electron chi connectivity index (χ1n) is 7.91. The zero-order valence-corrected chi connectivity index (χ0v) is 15.3. The summed E-state index contributed by atoms with van der Waals surface area (Å²) in [5.74, 6) is 0.544. The van der Waals surface area contributed by atoms with Crippen LogP contribution in [0.4, 0.5) is 5.69 Å². The van der Waals surface area contributed by atoms with Crippen molar-refractivity contribution in [3.05, 3.63) is 54.4 Å². The number of methoxy groups -OCH3 is 1. The lowest BCUT2D eigenvalue weighted by molar-refractivity contribution is -0.116. The molecule has 3 rings (SSSR count). The topological polar surface area (TPSA) is 90.3 Å². The monoisotopic (exact) mass is 373 g/mol. The fourth-order valence-electron chi connectivity index (χ4n) is 2.66. The van der Waals surface area contributed by atoms with Gasteiger partial charge in [0, 0.05) is 11.9 Å². The Balaban J connectivity index is 1.86. The molecule has 8 heteroatoms. The van der Waals surface area contributed by atoms with Crippen molar-refractivity contribution in [1.82, 2.24) is 9.55 Å². The van der Waals surface area contributed by atoms with Gasteiger partial charge in [-0.25, -0.2) is 13.4 Å². The zero-order valence-electron chi connectivity index (χ0n) is 14.5. The maximum absolute atomic E-state index is 12.5. The summed E-state index contributed by atoms with van der Waals surface area (Å²) in [7, 11) is -1.71. The Morgan fingerprint density at radius 1 is 1.15 bits per heavy atom. The van der Waals surface area contributed by atoms with Gasteiger partial charge < -0.3 is 14.6 Å². The van der Waals surface area contributed by atoms with Gasteiger partial charge in [0.25, 0.3) is 0 Å². The summed E-state index contributed by atoms with van der Waals surface area (Å²) in [6.45, 7) is -0.0304. The van der Waals surface area contributed by atoms with E-state index in [1.165, 1.54) is 0 Å². The number of ether oxygens (including phenoxy) is 1. The van der Waals surface area contributed by atoms with E-state index in [0.717, 1.165) is 11.8 Å². The molecule has 3 aromatic rings. The van der Waals surface area contributed by atoms with Crippen molar-refractivity contribution < 1.29 is 17.9 Å². The van der Waals surface area contributed by atoms with E-state index in [1.807, 2.05) is 18.2 Å². The van der Waals surface area contributed by atoms with E-state index >= 15 is 0 Å². The predicted octanol–water partition coefficient (Wildman–Crippen LogP) is 2.23. The number of imidazole rings is 1. The van der Waals surface area contributed by atoms with Gasteiger partial charge in [0.15, 0.2) is 9.84 Å². The molecule has 0 aliphatic rings. The summed E-state index contributed by atoms with van der Waals surface area (Å²) in [6, 6.07) is 14.2. The second kappa shape index (κ2) is 7.17. The average Bonchev–Trinajstić information content (AvgIpc) is 2.91. The largest absolute Gasteiger partial charge is 0.497 e. The number of nitrogens with zero attached hydrogens (tertiary/aromatic N) is 2. The van der Waals surface area contributed by atoms with Crippen LogP contribution in [0.5, 0.6) is 5.75 Å². The van der Waals surface area contributed by atoms with Crippen LogP contribution in [-0.2, 0) is 26.9 Å². The van der Waals surface area contributed by atoms with E-state index in [1.54, 1.807) is 42.0 Å². The molecule has 0 saturated heterocycles. The van der Waals surface area contributed by atoms with Gasteiger partial charge in [-0.15, -0.1) is 0 Å². The zero-order chi connectivity index (χ0) is 18.7. The molecule has 0 saturated carbocycles. The molecular formula is C18H19N3O4S. The molecule has 0 aliphatic heterocycles. The Kier molecular flexibility index (Phi) is 4.94. The third-order valence-corrected chi connectivity index (χ3v) is 4.58. The van der Waals surface area contributed by atoms with E-state index < -0.39 is 9.84 Å². The Bertz CT molecular complexity index is 1040. The number of benzene rings is 2. The van der Waals surface area contributed by atoms with Crippen molar-refractivity contribution >= 4 is 32.5 Å². The number of para-hydroxylation sites is 2. The normalized spacial score (nSPS) is 11.5. The highest BCUT2D eigenvalue weighted by Crippen LogP contribution is 2.19. The molecule has 7 nitrogen and oxygen atoms in total. The van der Waals surface area contributed by atoms with E-state index in [0.29, 0.717) is 22.8 Å². The number of fused-ring (bicyclic) bond motifs is 1. The van der Waals surface area contributed by atoms with E-state index in [4.69, 9.17) is 4.74 Å². The first kappa shape index (κ1) is 17.9. The molecule has 0 fully saturated rings. The maximum atomic E-state index is 12.5. The van der Waals surface area contributed by atoms with Crippen LogP contribution in [0.3, 0.4) is 0 Å². The molecule has 0 aliphatic carbocycles. The number of rotatable bonds is 6.